The summed E-state index contributed by atoms with van der Waals surface area (Å²) < 4.78 is 31.0. The summed E-state index contributed by atoms with van der Waals surface area (Å²) in [6.07, 6.45) is 1.36. The van der Waals surface area contributed by atoms with Gasteiger partial charge in [0.1, 0.15) is 11.1 Å². The highest BCUT2D eigenvalue weighted by Gasteiger charge is 2.19. The molecule has 138 valence electrons. The van der Waals surface area contributed by atoms with E-state index in [1.54, 1.807) is 31.3 Å². The number of H-pyrrole nitrogens is 1. The van der Waals surface area contributed by atoms with E-state index in [0.29, 0.717) is 10.1 Å². The first-order chi connectivity index (χ1) is 13.4. The number of fused-ring (bicyclic) bond motifs is 1. The number of aryl methyl sites for hydroxylation is 1. The van der Waals surface area contributed by atoms with Crippen LogP contribution in [0.2, 0.25) is 0 Å². The molecular formula is C20H12F2N4O2. The van der Waals surface area contributed by atoms with Crippen molar-refractivity contribution in [3.8, 4) is 17.5 Å². The number of aromatic amines is 1. The van der Waals surface area contributed by atoms with E-state index < -0.39 is 28.6 Å². The van der Waals surface area contributed by atoms with E-state index in [0.717, 1.165) is 12.1 Å². The van der Waals surface area contributed by atoms with Gasteiger partial charge in [-0.2, -0.15) is 5.10 Å². The van der Waals surface area contributed by atoms with E-state index in [1.165, 1.54) is 10.9 Å². The molecule has 0 atom stereocenters. The Kier molecular flexibility index (Phi) is 4.12. The summed E-state index contributed by atoms with van der Waals surface area (Å²) in [6, 6.07) is 10.9. The van der Waals surface area contributed by atoms with Crippen molar-refractivity contribution in [1.29, 1.82) is 0 Å². The number of aromatic nitrogens is 4. The summed E-state index contributed by atoms with van der Waals surface area (Å²) >= 11 is 0. The van der Waals surface area contributed by atoms with Crippen LogP contribution >= 0.6 is 0 Å². The molecule has 0 aliphatic carbocycles. The Bertz CT molecular complexity index is 1370. The van der Waals surface area contributed by atoms with Crippen LogP contribution in [0, 0.1) is 23.5 Å². The lowest BCUT2D eigenvalue weighted by atomic mass is 10.1. The molecule has 0 radical (unpaired) electrons. The predicted octanol–water partition coefficient (Wildman–Crippen LogP) is 2.09. The van der Waals surface area contributed by atoms with Gasteiger partial charge in [-0.15, -0.1) is 0 Å². The monoisotopic (exact) mass is 378 g/mol. The standard InChI is InChI=1S/C20H12F2N4O2/c1-25-11-14-18(24-25)23-20(28)26(19(14)27)17-15(21)9-13(10-16(17)22)8-7-12-5-3-2-4-6-12/h2-6,9-11H,1H3,(H,23,24,28). The molecule has 0 saturated heterocycles. The topological polar surface area (TPSA) is 72.7 Å². The van der Waals surface area contributed by atoms with Gasteiger partial charge in [-0.3, -0.25) is 14.5 Å². The van der Waals surface area contributed by atoms with Gasteiger partial charge in [0.25, 0.3) is 5.56 Å². The number of hydrogen-bond acceptors (Lipinski definition) is 3. The molecule has 28 heavy (non-hydrogen) atoms. The van der Waals surface area contributed by atoms with Crippen LogP contribution in [0.5, 0.6) is 0 Å². The summed E-state index contributed by atoms with van der Waals surface area (Å²) in [5, 5.41) is 3.96. The largest absolute Gasteiger partial charge is 0.334 e. The smallest absolute Gasteiger partial charge is 0.289 e. The van der Waals surface area contributed by atoms with E-state index in [9.17, 15) is 18.4 Å². The van der Waals surface area contributed by atoms with E-state index >= 15 is 0 Å². The lowest BCUT2D eigenvalue weighted by molar-refractivity contribution is 0.562. The van der Waals surface area contributed by atoms with Gasteiger partial charge in [0, 0.05) is 24.4 Å². The first kappa shape index (κ1) is 17.4. The van der Waals surface area contributed by atoms with Crippen molar-refractivity contribution in [2.24, 2.45) is 7.05 Å². The van der Waals surface area contributed by atoms with Crippen molar-refractivity contribution in [2.45, 2.75) is 0 Å². The summed E-state index contributed by atoms with van der Waals surface area (Å²) in [5.41, 5.74) is -1.82. The average molecular weight is 378 g/mol. The lowest BCUT2D eigenvalue weighted by Gasteiger charge is -2.07. The molecule has 0 bridgehead atoms. The second-order valence-corrected chi connectivity index (χ2v) is 6.04. The summed E-state index contributed by atoms with van der Waals surface area (Å²) in [4.78, 5) is 27.2. The van der Waals surface area contributed by atoms with Crippen molar-refractivity contribution < 1.29 is 8.78 Å². The van der Waals surface area contributed by atoms with Gasteiger partial charge < -0.3 is 0 Å². The van der Waals surface area contributed by atoms with E-state index in [-0.39, 0.29) is 16.6 Å². The van der Waals surface area contributed by atoms with E-state index in [4.69, 9.17) is 0 Å². The third kappa shape index (κ3) is 2.99. The number of nitrogens with zero attached hydrogens (tertiary/aromatic N) is 3. The fourth-order valence-corrected chi connectivity index (χ4v) is 2.83. The second-order valence-electron chi connectivity index (χ2n) is 6.04. The van der Waals surface area contributed by atoms with Crippen LogP contribution in [-0.2, 0) is 7.05 Å². The van der Waals surface area contributed by atoms with E-state index in [2.05, 4.69) is 21.9 Å². The maximum atomic E-state index is 14.6. The number of benzene rings is 2. The highest BCUT2D eigenvalue weighted by atomic mass is 19.1. The number of hydrogen-bond donors (Lipinski definition) is 1. The van der Waals surface area contributed by atoms with Crippen LogP contribution in [0.4, 0.5) is 8.78 Å². The fourth-order valence-electron chi connectivity index (χ4n) is 2.83. The maximum Gasteiger partial charge on any atom is 0.334 e. The van der Waals surface area contributed by atoms with Crippen LogP contribution in [0.3, 0.4) is 0 Å². The molecule has 0 aliphatic rings. The molecule has 4 rings (SSSR count). The summed E-state index contributed by atoms with van der Waals surface area (Å²) in [7, 11) is 1.56. The molecule has 0 aliphatic heterocycles. The van der Waals surface area contributed by atoms with Gasteiger partial charge in [0.2, 0.25) is 0 Å². The molecule has 2 aromatic carbocycles. The normalized spacial score (nSPS) is 10.7. The molecular weight excluding hydrogens is 366 g/mol. The Hall–Kier alpha value is -3.99. The SMILES string of the molecule is Cn1cc2c(=O)n(-c3c(F)cc(C#Cc4ccccc4)cc3F)c(=O)[nH]c2n1. The zero-order valence-electron chi connectivity index (χ0n) is 14.5. The van der Waals surface area contributed by atoms with Gasteiger partial charge >= 0.3 is 5.69 Å². The zero-order chi connectivity index (χ0) is 19.8. The Morgan fingerprint density at radius 3 is 2.32 bits per heavy atom. The molecule has 4 aromatic rings. The van der Waals surface area contributed by atoms with Gasteiger partial charge in [0.15, 0.2) is 17.3 Å². The fraction of sp³-hybridized carbons (Fsp3) is 0.0500. The van der Waals surface area contributed by atoms with Gasteiger partial charge in [-0.1, -0.05) is 30.0 Å². The molecule has 1 N–H and O–H groups in total. The Labute approximate surface area is 156 Å². The minimum absolute atomic E-state index is 0.0360. The Morgan fingerprint density at radius 1 is 1.00 bits per heavy atom. The molecule has 0 spiro atoms. The van der Waals surface area contributed by atoms with Crippen molar-refractivity contribution in [1.82, 2.24) is 19.3 Å². The van der Waals surface area contributed by atoms with Crippen molar-refractivity contribution in [2.75, 3.05) is 0 Å². The van der Waals surface area contributed by atoms with Crippen LogP contribution in [0.1, 0.15) is 11.1 Å². The number of halogens is 2. The van der Waals surface area contributed by atoms with Crippen molar-refractivity contribution in [3.05, 3.63) is 92.3 Å². The molecule has 2 aromatic heterocycles. The maximum absolute atomic E-state index is 14.6. The minimum Gasteiger partial charge on any atom is -0.289 e. The highest BCUT2D eigenvalue weighted by Crippen LogP contribution is 2.18. The van der Waals surface area contributed by atoms with Crippen LogP contribution in [0.25, 0.3) is 16.7 Å². The number of rotatable bonds is 1. The molecule has 0 amide bonds. The molecule has 0 fully saturated rings. The van der Waals surface area contributed by atoms with Crippen molar-refractivity contribution >= 4 is 11.0 Å². The van der Waals surface area contributed by atoms with E-state index in [1.807, 2.05) is 6.07 Å². The minimum atomic E-state index is -1.08. The summed E-state index contributed by atoms with van der Waals surface area (Å²) in [6.45, 7) is 0. The molecule has 0 saturated carbocycles. The molecule has 6 nitrogen and oxygen atoms in total. The first-order valence-electron chi connectivity index (χ1n) is 8.19. The van der Waals surface area contributed by atoms with Gasteiger partial charge in [-0.25, -0.2) is 18.1 Å². The Morgan fingerprint density at radius 2 is 1.64 bits per heavy atom. The quantitative estimate of drug-likeness (QED) is 0.516. The third-order valence-corrected chi connectivity index (χ3v) is 4.06. The molecule has 0 unspecified atom stereocenters. The second kappa shape index (κ2) is 6.63. The average Bonchev–Trinajstić information content (AvgIpc) is 3.03. The van der Waals surface area contributed by atoms with Gasteiger partial charge in [-0.05, 0) is 24.3 Å². The lowest BCUT2D eigenvalue weighted by Crippen LogP contribution is -2.34. The molecule has 8 heteroatoms. The molecule has 2 heterocycles. The van der Waals surface area contributed by atoms with Gasteiger partial charge in [0.05, 0.1) is 0 Å². The first-order valence-corrected chi connectivity index (χ1v) is 8.19. The van der Waals surface area contributed by atoms with Crippen molar-refractivity contribution in [3.63, 3.8) is 0 Å². The summed E-state index contributed by atoms with van der Waals surface area (Å²) in [5.74, 6) is 3.31. The zero-order valence-corrected chi connectivity index (χ0v) is 14.5. The number of nitrogens with one attached hydrogen (secondary N) is 1. The van der Waals surface area contributed by atoms with Crippen LogP contribution < -0.4 is 11.2 Å². The predicted molar refractivity (Wildman–Crippen MR) is 99.3 cm³/mol. The third-order valence-electron chi connectivity index (χ3n) is 4.06. The van der Waals surface area contributed by atoms with Crippen LogP contribution in [-0.4, -0.2) is 19.3 Å². The van der Waals surface area contributed by atoms with Crippen LogP contribution in [0.15, 0.2) is 58.3 Å². The highest BCUT2D eigenvalue weighted by molar-refractivity contribution is 5.72. The Balaban J connectivity index is 1.87.